The minimum atomic E-state index is 0.0302. The summed E-state index contributed by atoms with van der Waals surface area (Å²) in [4.78, 5) is 16.0. The SMILES string of the molecule is N#Cc1c(NC(=O)CN2CCCCCC2)sc2c1CCCCCC2. The molecule has 1 aromatic rings. The summed E-state index contributed by atoms with van der Waals surface area (Å²) in [5, 5.41) is 13.4. The minimum absolute atomic E-state index is 0.0302. The molecule has 1 aliphatic carbocycles. The first-order chi connectivity index (χ1) is 11.8. The number of anilines is 1. The molecule has 3 rings (SSSR count). The zero-order valence-electron chi connectivity index (χ0n) is 14.4. The normalized spacial score (nSPS) is 19.5. The molecule has 0 atom stereocenters. The topological polar surface area (TPSA) is 56.1 Å². The van der Waals surface area contributed by atoms with Crippen molar-refractivity contribution in [1.82, 2.24) is 4.90 Å². The number of carbonyl (C=O) groups excluding carboxylic acids is 1. The van der Waals surface area contributed by atoms with Crippen LogP contribution in [0.25, 0.3) is 0 Å². The average molecular weight is 346 g/mol. The monoisotopic (exact) mass is 345 g/mol. The van der Waals surface area contributed by atoms with Crippen molar-refractivity contribution < 1.29 is 4.79 Å². The lowest BCUT2D eigenvalue weighted by molar-refractivity contribution is -0.117. The van der Waals surface area contributed by atoms with Crippen molar-refractivity contribution >= 4 is 22.2 Å². The van der Waals surface area contributed by atoms with Crippen LogP contribution < -0.4 is 5.32 Å². The van der Waals surface area contributed by atoms with Gasteiger partial charge in [0.05, 0.1) is 12.1 Å². The number of hydrogen-bond donors (Lipinski definition) is 1. The van der Waals surface area contributed by atoms with Crippen LogP contribution >= 0.6 is 11.3 Å². The third kappa shape index (κ3) is 4.37. The number of amides is 1. The number of nitrogens with one attached hydrogen (secondary N) is 1. The molecule has 1 fully saturated rings. The van der Waals surface area contributed by atoms with Crippen molar-refractivity contribution in [2.75, 3.05) is 25.0 Å². The largest absolute Gasteiger partial charge is 0.315 e. The van der Waals surface area contributed by atoms with Crippen LogP contribution in [-0.4, -0.2) is 30.4 Å². The lowest BCUT2D eigenvalue weighted by Crippen LogP contribution is -2.33. The van der Waals surface area contributed by atoms with Crippen LogP contribution in [-0.2, 0) is 17.6 Å². The molecule has 0 spiro atoms. The molecule has 4 nitrogen and oxygen atoms in total. The van der Waals surface area contributed by atoms with E-state index in [4.69, 9.17) is 0 Å². The van der Waals surface area contributed by atoms with Gasteiger partial charge in [0.15, 0.2) is 0 Å². The Morgan fingerprint density at radius 2 is 1.71 bits per heavy atom. The van der Waals surface area contributed by atoms with E-state index in [1.807, 2.05) is 0 Å². The van der Waals surface area contributed by atoms with Crippen LogP contribution in [0.2, 0.25) is 0 Å². The zero-order chi connectivity index (χ0) is 16.8. The molecule has 0 unspecified atom stereocenters. The van der Waals surface area contributed by atoms with E-state index in [-0.39, 0.29) is 5.91 Å². The molecule has 1 N–H and O–H groups in total. The molecule has 5 heteroatoms. The summed E-state index contributed by atoms with van der Waals surface area (Å²) in [7, 11) is 0. The quantitative estimate of drug-likeness (QED) is 0.897. The van der Waals surface area contributed by atoms with E-state index in [0.717, 1.165) is 42.9 Å². The predicted molar refractivity (Wildman–Crippen MR) is 98.4 cm³/mol. The summed E-state index contributed by atoms with van der Waals surface area (Å²) >= 11 is 1.63. The van der Waals surface area contributed by atoms with Crippen molar-refractivity contribution in [2.24, 2.45) is 0 Å². The van der Waals surface area contributed by atoms with E-state index >= 15 is 0 Å². The van der Waals surface area contributed by atoms with E-state index in [0.29, 0.717) is 6.54 Å². The number of carbonyl (C=O) groups is 1. The van der Waals surface area contributed by atoms with Crippen molar-refractivity contribution in [3.05, 3.63) is 16.0 Å². The Morgan fingerprint density at radius 3 is 2.42 bits per heavy atom. The molecule has 0 aromatic carbocycles. The Hall–Kier alpha value is -1.38. The van der Waals surface area contributed by atoms with Crippen molar-refractivity contribution in [3.63, 3.8) is 0 Å². The summed E-state index contributed by atoms with van der Waals surface area (Å²) < 4.78 is 0. The highest BCUT2D eigenvalue weighted by Gasteiger charge is 2.21. The molecular formula is C19H27N3OS. The maximum absolute atomic E-state index is 12.5. The number of hydrogen-bond acceptors (Lipinski definition) is 4. The molecule has 2 aliphatic rings. The molecule has 0 radical (unpaired) electrons. The van der Waals surface area contributed by atoms with Gasteiger partial charge in [-0.1, -0.05) is 25.7 Å². The standard InChI is InChI=1S/C19H27N3OS/c20-13-16-15-9-5-1-2-6-10-17(15)24-19(16)21-18(23)14-22-11-7-3-4-8-12-22/h1-12,14H2,(H,21,23). The fraction of sp³-hybridized carbons (Fsp3) is 0.684. The molecule has 0 bridgehead atoms. The second kappa shape index (κ2) is 8.64. The summed E-state index contributed by atoms with van der Waals surface area (Å²) in [6, 6.07) is 2.35. The van der Waals surface area contributed by atoms with Crippen LogP contribution in [0.5, 0.6) is 0 Å². The Kier molecular flexibility index (Phi) is 6.28. The van der Waals surface area contributed by atoms with Gasteiger partial charge in [-0.15, -0.1) is 11.3 Å². The average Bonchev–Trinajstić information content (AvgIpc) is 2.72. The number of likely N-dealkylation sites (tertiary alicyclic amines) is 1. The maximum atomic E-state index is 12.5. The lowest BCUT2D eigenvalue weighted by Gasteiger charge is -2.18. The number of thiophene rings is 1. The van der Waals surface area contributed by atoms with Gasteiger partial charge in [-0.05, 0) is 57.2 Å². The van der Waals surface area contributed by atoms with Gasteiger partial charge in [0.2, 0.25) is 5.91 Å². The Morgan fingerprint density at radius 1 is 1.04 bits per heavy atom. The third-order valence-electron chi connectivity index (χ3n) is 5.10. The third-order valence-corrected chi connectivity index (χ3v) is 6.31. The van der Waals surface area contributed by atoms with Gasteiger partial charge in [-0.25, -0.2) is 0 Å². The van der Waals surface area contributed by atoms with E-state index in [1.165, 1.54) is 55.4 Å². The van der Waals surface area contributed by atoms with Gasteiger partial charge in [0.1, 0.15) is 11.1 Å². The molecule has 1 aromatic heterocycles. The summed E-state index contributed by atoms with van der Waals surface area (Å²) in [5.41, 5.74) is 1.92. The highest BCUT2D eigenvalue weighted by molar-refractivity contribution is 7.16. The molecule has 130 valence electrons. The maximum Gasteiger partial charge on any atom is 0.239 e. The Labute approximate surface area is 148 Å². The Bertz CT molecular complexity index is 609. The first kappa shape index (κ1) is 17.4. The molecule has 1 aliphatic heterocycles. The molecule has 24 heavy (non-hydrogen) atoms. The van der Waals surface area contributed by atoms with Crippen molar-refractivity contribution in [3.8, 4) is 6.07 Å². The zero-order valence-corrected chi connectivity index (χ0v) is 15.2. The van der Waals surface area contributed by atoms with E-state index in [9.17, 15) is 10.1 Å². The van der Waals surface area contributed by atoms with Crippen LogP contribution in [0.15, 0.2) is 0 Å². The number of nitrogens with zero attached hydrogens (tertiary/aromatic N) is 2. The highest BCUT2D eigenvalue weighted by atomic mass is 32.1. The Balaban J connectivity index is 1.68. The van der Waals surface area contributed by atoms with Crippen LogP contribution in [0, 0.1) is 11.3 Å². The predicted octanol–water partition coefficient (Wildman–Crippen LogP) is 4.09. The van der Waals surface area contributed by atoms with E-state index in [1.54, 1.807) is 11.3 Å². The summed E-state index contributed by atoms with van der Waals surface area (Å²) in [6.45, 7) is 2.48. The lowest BCUT2D eigenvalue weighted by atomic mass is 9.97. The number of aryl methyl sites for hydroxylation is 1. The second-order valence-corrected chi connectivity index (χ2v) is 8.08. The smallest absolute Gasteiger partial charge is 0.239 e. The van der Waals surface area contributed by atoms with Crippen LogP contribution in [0.1, 0.15) is 67.4 Å². The molecule has 0 saturated carbocycles. The van der Waals surface area contributed by atoms with Crippen molar-refractivity contribution in [2.45, 2.75) is 64.2 Å². The molecular weight excluding hydrogens is 318 g/mol. The highest BCUT2D eigenvalue weighted by Crippen LogP contribution is 2.36. The number of fused-ring (bicyclic) bond motifs is 1. The minimum Gasteiger partial charge on any atom is -0.315 e. The van der Waals surface area contributed by atoms with Gasteiger partial charge in [-0.2, -0.15) is 5.26 Å². The van der Waals surface area contributed by atoms with Crippen molar-refractivity contribution in [1.29, 1.82) is 5.26 Å². The van der Waals surface area contributed by atoms with Gasteiger partial charge < -0.3 is 5.32 Å². The molecule has 1 saturated heterocycles. The first-order valence-electron chi connectivity index (χ1n) is 9.35. The molecule has 2 heterocycles. The van der Waals surface area contributed by atoms with Crippen LogP contribution in [0.4, 0.5) is 5.00 Å². The fourth-order valence-corrected chi connectivity index (χ4v) is 5.05. The van der Waals surface area contributed by atoms with E-state index < -0.39 is 0 Å². The number of nitriles is 1. The summed E-state index contributed by atoms with van der Waals surface area (Å²) in [6.07, 6.45) is 11.8. The van der Waals surface area contributed by atoms with Gasteiger partial charge in [0, 0.05) is 4.88 Å². The fourth-order valence-electron chi connectivity index (χ4n) is 3.79. The summed E-state index contributed by atoms with van der Waals surface area (Å²) in [5.74, 6) is 0.0302. The van der Waals surface area contributed by atoms with Crippen LogP contribution in [0.3, 0.4) is 0 Å². The van der Waals surface area contributed by atoms with Gasteiger partial charge in [-0.3, -0.25) is 9.69 Å². The van der Waals surface area contributed by atoms with E-state index in [2.05, 4.69) is 16.3 Å². The molecule has 1 amide bonds. The van der Waals surface area contributed by atoms with Gasteiger partial charge in [0.25, 0.3) is 0 Å². The van der Waals surface area contributed by atoms with Gasteiger partial charge >= 0.3 is 0 Å². The second-order valence-electron chi connectivity index (χ2n) is 6.97. The first-order valence-corrected chi connectivity index (χ1v) is 10.2. The number of rotatable bonds is 3.